The summed E-state index contributed by atoms with van der Waals surface area (Å²) in [5.74, 6) is -1.64. The fourth-order valence-electron chi connectivity index (χ4n) is 2.03. The Morgan fingerprint density at radius 1 is 1.59 bits per heavy atom. The summed E-state index contributed by atoms with van der Waals surface area (Å²) in [7, 11) is 0. The van der Waals surface area contributed by atoms with Crippen LogP contribution in [0.3, 0.4) is 0 Å². The molecule has 0 radical (unpaired) electrons. The predicted octanol–water partition coefficient (Wildman–Crippen LogP) is 0.334. The van der Waals surface area contributed by atoms with Gasteiger partial charge in [0.15, 0.2) is 0 Å². The summed E-state index contributed by atoms with van der Waals surface area (Å²) in [5.41, 5.74) is 5.14. The second kappa shape index (κ2) is 5.68. The maximum Gasteiger partial charge on any atom is 0.394 e. The molecule has 7 heteroatoms. The largest absolute Gasteiger partial charge is 0.394 e. The third-order valence-corrected chi connectivity index (χ3v) is 2.91. The van der Waals surface area contributed by atoms with E-state index in [0.717, 1.165) is 0 Å². The molecule has 0 bridgehead atoms. The highest BCUT2D eigenvalue weighted by Gasteiger charge is 2.40. The van der Waals surface area contributed by atoms with E-state index < -0.39 is 18.6 Å². The molecular formula is C10H18F3N3O. The molecule has 3 N–H and O–H groups in total. The van der Waals surface area contributed by atoms with Crippen molar-refractivity contribution >= 4 is 5.91 Å². The first-order valence-corrected chi connectivity index (χ1v) is 5.59. The first-order chi connectivity index (χ1) is 7.82. The van der Waals surface area contributed by atoms with Crippen molar-refractivity contribution < 1.29 is 18.0 Å². The van der Waals surface area contributed by atoms with Crippen molar-refractivity contribution in [1.82, 2.24) is 10.2 Å². The Labute approximate surface area is 98.3 Å². The van der Waals surface area contributed by atoms with E-state index in [1.54, 1.807) is 4.90 Å². The molecule has 2 unspecified atom stereocenters. The number of hydrogen-bond acceptors (Lipinski definition) is 3. The second-order valence-corrected chi connectivity index (χ2v) is 4.42. The highest BCUT2D eigenvalue weighted by atomic mass is 19.4. The van der Waals surface area contributed by atoms with Crippen molar-refractivity contribution in [2.45, 2.75) is 25.6 Å². The van der Waals surface area contributed by atoms with Crippen LogP contribution in [0.1, 0.15) is 13.3 Å². The minimum atomic E-state index is -4.25. The lowest BCUT2D eigenvalue weighted by atomic mass is 10.1. The zero-order valence-electron chi connectivity index (χ0n) is 9.76. The number of carbonyl (C=O) groups is 1. The summed E-state index contributed by atoms with van der Waals surface area (Å²) >= 11 is 0. The van der Waals surface area contributed by atoms with Crippen molar-refractivity contribution in [3.8, 4) is 0 Å². The Bertz CT molecular complexity index is 270. The van der Waals surface area contributed by atoms with Crippen molar-refractivity contribution in [1.29, 1.82) is 0 Å². The molecule has 0 aromatic heterocycles. The van der Waals surface area contributed by atoms with E-state index in [1.807, 2.05) is 0 Å². The molecule has 0 aliphatic carbocycles. The average molecular weight is 253 g/mol. The quantitative estimate of drug-likeness (QED) is 0.759. The van der Waals surface area contributed by atoms with E-state index in [-0.39, 0.29) is 18.5 Å². The fraction of sp³-hybridized carbons (Fsp3) is 0.900. The summed E-state index contributed by atoms with van der Waals surface area (Å²) in [4.78, 5) is 12.5. The molecule has 1 aliphatic heterocycles. The first-order valence-electron chi connectivity index (χ1n) is 5.59. The Kier molecular flexibility index (Phi) is 4.76. The van der Waals surface area contributed by atoms with E-state index in [2.05, 4.69) is 5.32 Å². The molecular weight excluding hydrogens is 235 g/mol. The Hall–Kier alpha value is -0.820. The molecule has 0 aromatic carbocycles. The maximum absolute atomic E-state index is 12.5. The number of amides is 1. The highest BCUT2D eigenvalue weighted by molar-refractivity contribution is 5.73. The van der Waals surface area contributed by atoms with E-state index in [4.69, 9.17) is 5.73 Å². The van der Waals surface area contributed by atoms with Crippen molar-refractivity contribution in [3.05, 3.63) is 0 Å². The molecule has 0 aromatic rings. The van der Waals surface area contributed by atoms with Gasteiger partial charge in [-0.15, -0.1) is 0 Å². The minimum Gasteiger partial charge on any atom is -0.352 e. The summed E-state index contributed by atoms with van der Waals surface area (Å²) in [6.07, 6.45) is -3.56. The molecule has 1 amide bonds. The third kappa shape index (κ3) is 4.51. The topological polar surface area (TPSA) is 58.4 Å². The summed E-state index contributed by atoms with van der Waals surface area (Å²) in [6, 6.07) is -0.0424. The van der Waals surface area contributed by atoms with Crippen molar-refractivity contribution in [2.24, 2.45) is 11.7 Å². The first kappa shape index (κ1) is 14.2. The van der Waals surface area contributed by atoms with Crippen molar-refractivity contribution in [3.63, 3.8) is 0 Å². The van der Waals surface area contributed by atoms with Crippen LogP contribution in [0.2, 0.25) is 0 Å². The molecule has 1 aliphatic rings. The molecule has 2 atom stereocenters. The van der Waals surface area contributed by atoms with Gasteiger partial charge in [0.05, 0.1) is 5.92 Å². The SMILES string of the molecule is CC(=O)NC1CCN(CC(CN)C(F)(F)F)C1. The van der Waals surface area contributed by atoms with Crippen LogP contribution in [0.5, 0.6) is 0 Å². The van der Waals surface area contributed by atoms with Crippen LogP contribution < -0.4 is 11.1 Å². The molecule has 0 spiro atoms. The zero-order valence-corrected chi connectivity index (χ0v) is 9.76. The summed E-state index contributed by atoms with van der Waals surface area (Å²) < 4.78 is 37.5. The molecule has 0 saturated carbocycles. The molecule has 100 valence electrons. The van der Waals surface area contributed by atoms with Gasteiger partial charge in [0, 0.05) is 39.1 Å². The number of halogens is 3. The predicted molar refractivity (Wildman–Crippen MR) is 57.3 cm³/mol. The highest BCUT2D eigenvalue weighted by Crippen LogP contribution is 2.27. The number of nitrogens with one attached hydrogen (secondary N) is 1. The van der Waals surface area contributed by atoms with Crippen molar-refractivity contribution in [2.75, 3.05) is 26.2 Å². The number of hydrogen-bond donors (Lipinski definition) is 2. The third-order valence-electron chi connectivity index (χ3n) is 2.91. The van der Waals surface area contributed by atoms with Gasteiger partial charge in [-0.25, -0.2) is 0 Å². The number of rotatable bonds is 4. The number of alkyl halides is 3. The van der Waals surface area contributed by atoms with Gasteiger partial charge in [0.1, 0.15) is 0 Å². The lowest BCUT2D eigenvalue weighted by Gasteiger charge is -2.24. The molecule has 4 nitrogen and oxygen atoms in total. The van der Waals surface area contributed by atoms with E-state index in [9.17, 15) is 18.0 Å². The van der Waals surface area contributed by atoms with Gasteiger partial charge < -0.3 is 16.0 Å². The van der Waals surface area contributed by atoms with E-state index in [0.29, 0.717) is 19.5 Å². The average Bonchev–Trinajstić information content (AvgIpc) is 2.59. The van der Waals surface area contributed by atoms with Gasteiger partial charge in [0.2, 0.25) is 5.91 Å². The summed E-state index contributed by atoms with van der Waals surface area (Å²) in [6.45, 7) is 1.95. The van der Waals surface area contributed by atoms with Crippen LogP contribution in [0.25, 0.3) is 0 Å². The van der Waals surface area contributed by atoms with Gasteiger partial charge in [-0.3, -0.25) is 4.79 Å². The van der Waals surface area contributed by atoms with Gasteiger partial charge in [-0.2, -0.15) is 13.2 Å². The van der Waals surface area contributed by atoms with Crippen LogP contribution in [0.4, 0.5) is 13.2 Å². The number of nitrogens with zero attached hydrogens (tertiary/aromatic N) is 1. The Morgan fingerprint density at radius 2 is 2.24 bits per heavy atom. The zero-order chi connectivity index (χ0) is 13.1. The maximum atomic E-state index is 12.5. The smallest absolute Gasteiger partial charge is 0.352 e. The number of carbonyl (C=O) groups excluding carboxylic acids is 1. The fourth-order valence-corrected chi connectivity index (χ4v) is 2.03. The minimum absolute atomic E-state index is 0.0424. The normalized spacial score (nSPS) is 23.7. The van der Waals surface area contributed by atoms with Gasteiger partial charge in [-0.05, 0) is 6.42 Å². The van der Waals surface area contributed by atoms with Crippen LogP contribution >= 0.6 is 0 Å². The van der Waals surface area contributed by atoms with Gasteiger partial charge in [0.25, 0.3) is 0 Å². The Balaban J connectivity index is 2.41. The standard InChI is InChI=1S/C10H18F3N3O/c1-7(17)15-9-2-3-16(6-9)5-8(4-14)10(11,12)13/h8-9H,2-6,14H2,1H3,(H,15,17). The summed E-state index contributed by atoms with van der Waals surface area (Å²) in [5, 5.41) is 2.71. The van der Waals surface area contributed by atoms with Crippen LogP contribution in [0.15, 0.2) is 0 Å². The monoisotopic (exact) mass is 253 g/mol. The molecule has 1 fully saturated rings. The molecule has 1 heterocycles. The molecule has 1 rings (SSSR count). The second-order valence-electron chi connectivity index (χ2n) is 4.42. The molecule has 17 heavy (non-hydrogen) atoms. The lowest BCUT2D eigenvalue weighted by Crippen LogP contribution is -2.42. The Morgan fingerprint density at radius 3 is 2.71 bits per heavy atom. The van der Waals surface area contributed by atoms with Crippen LogP contribution in [-0.4, -0.2) is 49.2 Å². The van der Waals surface area contributed by atoms with Crippen LogP contribution in [0, 0.1) is 5.92 Å². The lowest BCUT2D eigenvalue weighted by molar-refractivity contribution is -0.175. The van der Waals surface area contributed by atoms with Crippen LogP contribution in [-0.2, 0) is 4.79 Å². The van der Waals surface area contributed by atoms with E-state index in [1.165, 1.54) is 6.92 Å². The van der Waals surface area contributed by atoms with Gasteiger partial charge >= 0.3 is 6.18 Å². The van der Waals surface area contributed by atoms with E-state index >= 15 is 0 Å². The number of nitrogens with two attached hydrogens (primary N) is 1. The van der Waals surface area contributed by atoms with Gasteiger partial charge in [-0.1, -0.05) is 0 Å². The number of likely N-dealkylation sites (tertiary alicyclic amines) is 1. The molecule has 1 saturated heterocycles.